The van der Waals surface area contributed by atoms with Gasteiger partial charge in [0, 0.05) is 6.04 Å². The van der Waals surface area contributed by atoms with Crippen LogP contribution in [-0.2, 0) is 0 Å². The molecule has 0 aromatic heterocycles. The molecule has 1 atom stereocenters. The van der Waals surface area contributed by atoms with Crippen LogP contribution in [0.15, 0.2) is 30.3 Å². The lowest BCUT2D eigenvalue weighted by molar-refractivity contribution is 0.734. The van der Waals surface area contributed by atoms with Crippen LogP contribution in [0.4, 0.5) is 0 Å². The summed E-state index contributed by atoms with van der Waals surface area (Å²) in [6, 6.07) is 10.5. The molecule has 1 unspecified atom stereocenters. The minimum atomic E-state index is 0.259. The van der Waals surface area contributed by atoms with E-state index in [1.807, 2.05) is 25.1 Å². The van der Waals surface area contributed by atoms with Gasteiger partial charge in [0.15, 0.2) is 0 Å². The molecule has 0 aliphatic rings. The molecule has 0 saturated heterocycles. The molecule has 11 heavy (non-hydrogen) atoms. The molecule has 0 spiro atoms. The van der Waals surface area contributed by atoms with Gasteiger partial charge < -0.3 is 5.73 Å². The molecule has 0 aliphatic heterocycles. The van der Waals surface area contributed by atoms with Crippen LogP contribution in [0.3, 0.4) is 0 Å². The zero-order valence-corrected chi connectivity index (χ0v) is 6.83. The topological polar surface area (TPSA) is 26.0 Å². The van der Waals surface area contributed by atoms with Crippen LogP contribution >= 0.6 is 0 Å². The van der Waals surface area contributed by atoms with Gasteiger partial charge in [-0.05, 0) is 25.3 Å². The van der Waals surface area contributed by atoms with E-state index in [0.717, 1.165) is 6.42 Å². The van der Waals surface area contributed by atoms with E-state index in [9.17, 15) is 0 Å². The predicted octanol–water partition coefficient (Wildman–Crippen LogP) is 1.98. The van der Waals surface area contributed by atoms with Crippen molar-refractivity contribution in [1.29, 1.82) is 0 Å². The molecule has 0 aliphatic carbocycles. The van der Waals surface area contributed by atoms with Gasteiger partial charge in [-0.3, -0.25) is 0 Å². The van der Waals surface area contributed by atoms with Gasteiger partial charge in [0.2, 0.25) is 0 Å². The van der Waals surface area contributed by atoms with Crippen molar-refractivity contribution in [2.45, 2.75) is 19.4 Å². The lowest BCUT2D eigenvalue weighted by Gasteiger charge is -2.03. The second-order valence-corrected chi connectivity index (χ2v) is 2.83. The average Bonchev–Trinajstić information content (AvgIpc) is 2.03. The van der Waals surface area contributed by atoms with E-state index in [-0.39, 0.29) is 6.04 Å². The maximum Gasteiger partial charge on any atom is 0.00165 e. The van der Waals surface area contributed by atoms with Crippen LogP contribution in [0, 0.1) is 6.42 Å². The SMILES string of the molecule is CC(N)C[CH]c1ccccc1. The number of hydrogen-bond donors (Lipinski definition) is 1. The van der Waals surface area contributed by atoms with E-state index in [2.05, 4.69) is 18.6 Å². The van der Waals surface area contributed by atoms with E-state index in [1.165, 1.54) is 5.56 Å². The Labute approximate surface area is 68.2 Å². The summed E-state index contributed by atoms with van der Waals surface area (Å²) in [6.07, 6.45) is 3.11. The summed E-state index contributed by atoms with van der Waals surface area (Å²) in [5, 5.41) is 0. The molecule has 1 heteroatoms. The second-order valence-electron chi connectivity index (χ2n) is 2.83. The third-order valence-electron chi connectivity index (χ3n) is 1.52. The van der Waals surface area contributed by atoms with Crippen molar-refractivity contribution < 1.29 is 0 Å². The predicted molar refractivity (Wildman–Crippen MR) is 48.1 cm³/mol. The van der Waals surface area contributed by atoms with Crippen LogP contribution in [0.1, 0.15) is 18.9 Å². The van der Waals surface area contributed by atoms with E-state index in [4.69, 9.17) is 5.73 Å². The number of benzene rings is 1. The number of hydrogen-bond acceptors (Lipinski definition) is 1. The monoisotopic (exact) mass is 148 g/mol. The summed E-state index contributed by atoms with van der Waals surface area (Å²) in [7, 11) is 0. The Balaban J connectivity index is 2.39. The quantitative estimate of drug-likeness (QED) is 0.696. The highest BCUT2D eigenvalue weighted by Gasteiger charge is 1.95. The van der Waals surface area contributed by atoms with Crippen LogP contribution in [0.5, 0.6) is 0 Å². The molecule has 0 fully saturated rings. The lowest BCUT2D eigenvalue weighted by atomic mass is 10.1. The summed E-state index contributed by atoms with van der Waals surface area (Å²) < 4.78 is 0. The molecule has 0 heterocycles. The third-order valence-corrected chi connectivity index (χ3v) is 1.52. The Bertz CT molecular complexity index is 191. The molecule has 1 aromatic carbocycles. The molecule has 1 radical (unpaired) electrons. The van der Waals surface area contributed by atoms with Crippen LogP contribution in [0.2, 0.25) is 0 Å². The first kappa shape index (κ1) is 8.28. The van der Waals surface area contributed by atoms with Gasteiger partial charge in [-0.25, -0.2) is 0 Å². The van der Waals surface area contributed by atoms with Crippen LogP contribution in [0.25, 0.3) is 0 Å². The normalized spacial score (nSPS) is 12.9. The van der Waals surface area contributed by atoms with E-state index < -0.39 is 0 Å². The first-order valence-corrected chi connectivity index (χ1v) is 3.93. The number of nitrogens with two attached hydrogens (primary N) is 1. The standard InChI is InChI=1S/C10H14N/c1-9(11)7-8-10-5-3-2-4-6-10/h2-6,8-9H,7,11H2,1H3. The fraction of sp³-hybridized carbons (Fsp3) is 0.300. The third kappa shape index (κ3) is 3.19. The van der Waals surface area contributed by atoms with Crippen LogP contribution < -0.4 is 5.73 Å². The van der Waals surface area contributed by atoms with E-state index in [1.54, 1.807) is 0 Å². The first-order valence-electron chi connectivity index (χ1n) is 3.93. The molecule has 1 rings (SSSR count). The average molecular weight is 148 g/mol. The lowest BCUT2D eigenvalue weighted by Crippen LogP contribution is -2.14. The van der Waals surface area contributed by atoms with Crippen LogP contribution in [-0.4, -0.2) is 6.04 Å². The zero-order chi connectivity index (χ0) is 8.10. The Morgan fingerprint density at radius 3 is 2.55 bits per heavy atom. The van der Waals surface area contributed by atoms with Gasteiger partial charge in [-0.2, -0.15) is 0 Å². The molecule has 0 saturated carbocycles. The van der Waals surface area contributed by atoms with Crippen molar-refractivity contribution in [3.63, 3.8) is 0 Å². The maximum absolute atomic E-state index is 5.61. The Kier molecular flexibility index (Phi) is 3.12. The minimum Gasteiger partial charge on any atom is -0.328 e. The molecular weight excluding hydrogens is 134 g/mol. The molecular formula is C10H14N. The largest absolute Gasteiger partial charge is 0.328 e. The summed E-state index contributed by atoms with van der Waals surface area (Å²) in [4.78, 5) is 0. The van der Waals surface area contributed by atoms with Crippen molar-refractivity contribution in [3.05, 3.63) is 42.3 Å². The van der Waals surface area contributed by atoms with Gasteiger partial charge in [0.1, 0.15) is 0 Å². The van der Waals surface area contributed by atoms with Gasteiger partial charge in [0.05, 0.1) is 0 Å². The van der Waals surface area contributed by atoms with E-state index >= 15 is 0 Å². The second kappa shape index (κ2) is 4.14. The maximum atomic E-state index is 5.61. The van der Waals surface area contributed by atoms with Crippen molar-refractivity contribution >= 4 is 0 Å². The minimum absolute atomic E-state index is 0.259. The smallest absolute Gasteiger partial charge is 0.00165 e. The molecule has 0 bridgehead atoms. The summed E-state index contributed by atoms with van der Waals surface area (Å²) in [5.74, 6) is 0. The van der Waals surface area contributed by atoms with Crippen molar-refractivity contribution in [1.82, 2.24) is 0 Å². The molecule has 0 amide bonds. The van der Waals surface area contributed by atoms with Gasteiger partial charge >= 0.3 is 0 Å². The first-order chi connectivity index (χ1) is 5.29. The molecule has 2 N–H and O–H groups in total. The molecule has 59 valence electrons. The summed E-state index contributed by atoms with van der Waals surface area (Å²) in [6.45, 7) is 2.01. The van der Waals surface area contributed by atoms with Gasteiger partial charge in [-0.15, -0.1) is 0 Å². The number of rotatable bonds is 3. The van der Waals surface area contributed by atoms with Gasteiger partial charge in [-0.1, -0.05) is 30.3 Å². The highest BCUT2D eigenvalue weighted by molar-refractivity contribution is 5.22. The fourth-order valence-electron chi connectivity index (χ4n) is 0.911. The Morgan fingerprint density at radius 2 is 2.00 bits per heavy atom. The van der Waals surface area contributed by atoms with Crippen molar-refractivity contribution in [2.24, 2.45) is 5.73 Å². The highest BCUT2D eigenvalue weighted by atomic mass is 14.6. The Morgan fingerprint density at radius 1 is 1.36 bits per heavy atom. The Hall–Kier alpha value is -0.820. The summed E-state index contributed by atoms with van der Waals surface area (Å²) in [5.41, 5.74) is 6.86. The zero-order valence-electron chi connectivity index (χ0n) is 6.83. The summed E-state index contributed by atoms with van der Waals surface area (Å²) >= 11 is 0. The van der Waals surface area contributed by atoms with Crippen molar-refractivity contribution in [2.75, 3.05) is 0 Å². The van der Waals surface area contributed by atoms with Crippen molar-refractivity contribution in [3.8, 4) is 0 Å². The fourth-order valence-corrected chi connectivity index (χ4v) is 0.911. The van der Waals surface area contributed by atoms with Gasteiger partial charge in [0.25, 0.3) is 0 Å². The molecule has 1 aromatic rings. The van der Waals surface area contributed by atoms with E-state index in [0.29, 0.717) is 0 Å². The molecule has 1 nitrogen and oxygen atoms in total. The highest BCUT2D eigenvalue weighted by Crippen LogP contribution is 2.05.